The molecular weight excluding hydrogens is 228 g/mol. The summed E-state index contributed by atoms with van der Waals surface area (Å²) in [7, 11) is 3.91. The number of rotatable bonds is 6. The molecule has 0 aromatic carbocycles. The second kappa shape index (κ2) is 6.20. The Morgan fingerprint density at radius 2 is 2.39 bits per heavy atom. The van der Waals surface area contributed by atoms with Crippen LogP contribution in [0.5, 0.6) is 0 Å². The summed E-state index contributed by atoms with van der Waals surface area (Å²) in [6, 6.07) is 0.557. The van der Waals surface area contributed by atoms with Crippen LogP contribution in [-0.4, -0.2) is 54.8 Å². The molecule has 2 heterocycles. The van der Waals surface area contributed by atoms with Crippen LogP contribution in [0.3, 0.4) is 0 Å². The highest BCUT2D eigenvalue weighted by atomic mass is 16.5. The highest BCUT2D eigenvalue weighted by molar-refractivity contribution is 5.29. The molecule has 0 saturated carbocycles. The average molecular weight is 252 g/mol. The Morgan fingerprint density at radius 1 is 1.56 bits per heavy atom. The van der Waals surface area contributed by atoms with Crippen LogP contribution in [0, 0.1) is 6.92 Å². The van der Waals surface area contributed by atoms with E-state index in [1.807, 2.05) is 0 Å². The zero-order valence-electron chi connectivity index (χ0n) is 11.6. The molecule has 1 aliphatic heterocycles. The first-order valence-electron chi connectivity index (χ1n) is 6.67. The van der Waals surface area contributed by atoms with Crippen LogP contribution >= 0.6 is 0 Å². The molecule has 0 amide bonds. The van der Waals surface area contributed by atoms with Gasteiger partial charge in [-0.2, -0.15) is 0 Å². The Morgan fingerprint density at radius 3 is 3.06 bits per heavy atom. The van der Waals surface area contributed by atoms with E-state index in [9.17, 15) is 0 Å². The van der Waals surface area contributed by atoms with Crippen molar-refractivity contribution < 1.29 is 4.74 Å². The molecule has 0 spiro atoms. The van der Waals surface area contributed by atoms with Crippen molar-refractivity contribution in [1.82, 2.24) is 14.5 Å². The summed E-state index contributed by atoms with van der Waals surface area (Å²) in [5.41, 5.74) is 1.08. The van der Waals surface area contributed by atoms with Crippen molar-refractivity contribution in [3.63, 3.8) is 0 Å². The van der Waals surface area contributed by atoms with E-state index in [-0.39, 0.29) is 0 Å². The summed E-state index contributed by atoms with van der Waals surface area (Å²) in [5, 5.41) is 3.41. The number of hydrogen-bond acceptors (Lipinski definition) is 4. The van der Waals surface area contributed by atoms with Gasteiger partial charge < -0.3 is 19.5 Å². The van der Waals surface area contributed by atoms with E-state index in [0.29, 0.717) is 6.04 Å². The van der Waals surface area contributed by atoms with Gasteiger partial charge in [0.2, 0.25) is 5.95 Å². The van der Waals surface area contributed by atoms with Crippen molar-refractivity contribution in [1.29, 1.82) is 0 Å². The van der Waals surface area contributed by atoms with Gasteiger partial charge in [0, 0.05) is 33.0 Å². The molecule has 5 heteroatoms. The minimum absolute atomic E-state index is 0.557. The number of aromatic nitrogens is 2. The van der Waals surface area contributed by atoms with E-state index < -0.39 is 0 Å². The normalized spacial score (nSPS) is 20.5. The number of likely N-dealkylation sites (tertiary alicyclic amines) is 1. The predicted molar refractivity (Wildman–Crippen MR) is 73.1 cm³/mol. The monoisotopic (exact) mass is 252 g/mol. The molecule has 102 valence electrons. The van der Waals surface area contributed by atoms with Crippen molar-refractivity contribution in [2.24, 2.45) is 0 Å². The number of nitrogens with zero attached hydrogens (tertiary/aromatic N) is 3. The third-order valence-electron chi connectivity index (χ3n) is 3.42. The van der Waals surface area contributed by atoms with Gasteiger partial charge in [0.1, 0.15) is 0 Å². The van der Waals surface area contributed by atoms with E-state index in [1.54, 1.807) is 7.11 Å². The van der Waals surface area contributed by atoms with Gasteiger partial charge >= 0.3 is 0 Å². The molecule has 1 unspecified atom stereocenters. The summed E-state index contributed by atoms with van der Waals surface area (Å²) in [6.07, 6.45) is 4.37. The average Bonchev–Trinajstić information content (AvgIpc) is 2.91. The summed E-state index contributed by atoms with van der Waals surface area (Å²) in [5.74, 6) is 1.00. The molecule has 1 fully saturated rings. The molecule has 0 bridgehead atoms. The van der Waals surface area contributed by atoms with E-state index in [4.69, 9.17) is 4.74 Å². The van der Waals surface area contributed by atoms with Gasteiger partial charge in [0.05, 0.1) is 11.7 Å². The topological polar surface area (TPSA) is 42.3 Å². The molecule has 0 aliphatic carbocycles. The zero-order chi connectivity index (χ0) is 13.0. The molecular formula is C13H24N4O. The van der Waals surface area contributed by atoms with E-state index in [1.165, 1.54) is 13.0 Å². The van der Waals surface area contributed by atoms with Crippen LogP contribution in [0.1, 0.15) is 24.6 Å². The maximum Gasteiger partial charge on any atom is 0.203 e. The van der Waals surface area contributed by atoms with Gasteiger partial charge in [0.25, 0.3) is 0 Å². The fraction of sp³-hybridized carbons (Fsp3) is 0.769. The van der Waals surface area contributed by atoms with E-state index >= 15 is 0 Å². The van der Waals surface area contributed by atoms with Gasteiger partial charge in [-0.25, -0.2) is 4.98 Å². The molecule has 5 nitrogen and oxygen atoms in total. The Balaban J connectivity index is 1.96. The maximum atomic E-state index is 5.06. The lowest BCUT2D eigenvalue weighted by Gasteiger charge is -2.16. The smallest absolute Gasteiger partial charge is 0.203 e. The molecule has 2 rings (SSSR count). The second-order valence-electron chi connectivity index (χ2n) is 5.09. The van der Waals surface area contributed by atoms with Gasteiger partial charge in [-0.3, -0.25) is 0 Å². The maximum absolute atomic E-state index is 5.06. The Bertz CT molecular complexity index is 377. The number of nitrogens with one attached hydrogen (secondary N) is 1. The van der Waals surface area contributed by atoms with Crippen molar-refractivity contribution >= 4 is 5.95 Å². The summed E-state index contributed by atoms with van der Waals surface area (Å²) < 4.78 is 7.35. The first-order chi connectivity index (χ1) is 8.70. The lowest BCUT2D eigenvalue weighted by Crippen LogP contribution is -2.18. The first kappa shape index (κ1) is 13.4. The Labute approximate surface area is 109 Å². The number of imidazole rings is 1. The Kier molecular flexibility index (Phi) is 4.60. The molecule has 1 aromatic rings. The largest absolute Gasteiger partial charge is 0.385 e. The number of likely N-dealkylation sites (N-methyl/N-ethyl adjacent to an activating group) is 1. The summed E-state index contributed by atoms with van der Waals surface area (Å²) in [4.78, 5) is 6.94. The van der Waals surface area contributed by atoms with Crippen molar-refractivity contribution in [2.75, 3.05) is 45.7 Å². The first-order valence-corrected chi connectivity index (χ1v) is 6.67. The second-order valence-corrected chi connectivity index (χ2v) is 5.09. The van der Waals surface area contributed by atoms with Crippen LogP contribution in [0.25, 0.3) is 0 Å². The Hall–Kier alpha value is -1.07. The van der Waals surface area contributed by atoms with Crippen LogP contribution in [0.4, 0.5) is 5.95 Å². The molecule has 18 heavy (non-hydrogen) atoms. The standard InChI is InChI=1S/C13H24N4O/c1-11-9-17(12-5-7-16(2)10-12)13(15-11)14-6-4-8-18-3/h9,12H,4-8,10H2,1-3H3,(H,14,15). The van der Waals surface area contributed by atoms with Crippen molar-refractivity contribution in [3.05, 3.63) is 11.9 Å². The van der Waals surface area contributed by atoms with Gasteiger partial charge in [-0.1, -0.05) is 0 Å². The van der Waals surface area contributed by atoms with E-state index in [2.05, 4.69) is 39.9 Å². The van der Waals surface area contributed by atoms with Gasteiger partial charge in [0.15, 0.2) is 0 Å². The third-order valence-corrected chi connectivity index (χ3v) is 3.42. The molecule has 0 radical (unpaired) electrons. The number of hydrogen-bond donors (Lipinski definition) is 1. The number of aryl methyl sites for hydroxylation is 1. The lowest BCUT2D eigenvalue weighted by atomic mass is 10.2. The van der Waals surface area contributed by atoms with Crippen LogP contribution in [-0.2, 0) is 4.74 Å². The van der Waals surface area contributed by atoms with Gasteiger partial charge in [-0.05, 0) is 33.4 Å². The number of anilines is 1. The number of ether oxygens (including phenoxy) is 1. The zero-order valence-corrected chi connectivity index (χ0v) is 11.6. The fourth-order valence-corrected chi connectivity index (χ4v) is 2.48. The predicted octanol–water partition coefficient (Wildman–Crippen LogP) is 1.52. The molecule has 1 aliphatic rings. The summed E-state index contributed by atoms with van der Waals surface area (Å²) >= 11 is 0. The highest BCUT2D eigenvalue weighted by Crippen LogP contribution is 2.24. The van der Waals surface area contributed by atoms with Crippen molar-refractivity contribution in [2.45, 2.75) is 25.8 Å². The van der Waals surface area contributed by atoms with Crippen molar-refractivity contribution in [3.8, 4) is 0 Å². The van der Waals surface area contributed by atoms with Gasteiger partial charge in [-0.15, -0.1) is 0 Å². The fourth-order valence-electron chi connectivity index (χ4n) is 2.48. The van der Waals surface area contributed by atoms with E-state index in [0.717, 1.165) is 37.8 Å². The molecule has 1 saturated heterocycles. The SMILES string of the molecule is COCCCNc1nc(C)cn1C1CCN(C)C1. The van der Waals surface area contributed by atoms with Crippen LogP contribution in [0.2, 0.25) is 0 Å². The van der Waals surface area contributed by atoms with Crippen LogP contribution < -0.4 is 5.32 Å². The molecule has 1 atom stereocenters. The van der Waals surface area contributed by atoms with Crippen LogP contribution in [0.15, 0.2) is 6.20 Å². The lowest BCUT2D eigenvalue weighted by molar-refractivity contribution is 0.197. The minimum atomic E-state index is 0.557. The quantitative estimate of drug-likeness (QED) is 0.779. The minimum Gasteiger partial charge on any atom is -0.385 e. The third kappa shape index (κ3) is 3.23. The highest BCUT2D eigenvalue weighted by Gasteiger charge is 2.23. The summed E-state index contributed by atoms with van der Waals surface area (Å²) in [6.45, 7) is 6.04. The molecule has 1 aromatic heterocycles. The molecule has 1 N–H and O–H groups in total. The number of methoxy groups -OCH3 is 1.